The molecule has 0 aromatic carbocycles. The Bertz CT molecular complexity index is 509. The standard InChI is InChI=1S/C6H18N4.4C4H7NO/c7-1-3-9-5-6-10-4-2-8;4*1-3(2)4(5)6/h9-10H,1-8H2;4*1H2,2H3,(H2,5,6). The molecule has 0 heterocycles. The van der Waals surface area contributed by atoms with Gasteiger partial charge in [-0.1, -0.05) is 26.3 Å². The van der Waals surface area contributed by atoms with Crippen LogP contribution in [-0.4, -0.2) is 62.9 Å². The van der Waals surface area contributed by atoms with Crippen LogP contribution in [0.25, 0.3) is 0 Å². The molecule has 0 bridgehead atoms. The van der Waals surface area contributed by atoms with Crippen molar-refractivity contribution < 1.29 is 19.2 Å². The highest BCUT2D eigenvalue weighted by molar-refractivity contribution is 5.91. The summed E-state index contributed by atoms with van der Waals surface area (Å²) in [5, 5.41) is 6.33. The zero-order chi connectivity index (χ0) is 28.3. The number of primary amides is 4. The molecule has 12 heteroatoms. The van der Waals surface area contributed by atoms with Crippen molar-refractivity contribution in [2.45, 2.75) is 27.7 Å². The van der Waals surface area contributed by atoms with Gasteiger partial charge < -0.3 is 45.0 Å². The summed E-state index contributed by atoms with van der Waals surface area (Å²) < 4.78 is 0. The van der Waals surface area contributed by atoms with Gasteiger partial charge >= 0.3 is 0 Å². The molecule has 0 aromatic rings. The van der Waals surface area contributed by atoms with Crippen molar-refractivity contribution >= 4 is 23.6 Å². The van der Waals surface area contributed by atoms with Crippen LogP contribution in [0, 0.1) is 0 Å². The molecule has 0 aliphatic rings. The van der Waals surface area contributed by atoms with E-state index in [4.69, 9.17) is 34.4 Å². The van der Waals surface area contributed by atoms with Crippen LogP contribution in [0.4, 0.5) is 0 Å². The summed E-state index contributed by atoms with van der Waals surface area (Å²) >= 11 is 0. The minimum atomic E-state index is -0.435. The van der Waals surface area contributed by atoms with Crippen LogP contribution in [0.3, 0.4) is 0 Å². The second-order valence-corrected chi connectivity index (χ2v) is 6.66. The van der Waals surface area contributed by atoms with E-state index in [2.05, 4.69) is 36.9 Å². The van der Waals surface area contributed by atoms with E-state index >= 15 is 0 Å². The maximum atomic E-state index is 9.82. The van der Waals surface area contributed by atoms with Crippen LogP contribution >= 0.6 is 0 Å². The number of nitrogens with two attached hydrogens (primary N) is 6. The summed E-state index contributed by atoms with van der Waals surface area (Å²) in [6.45, 7) is 24.5. The zero-order valence-corrected chi connectivity index (χ0v) is 21.2. The normalized spacial score (nSPS) is 8.29. The second-order valence-electron chi connectivity index (χ2n) is 6.66. The monoisotopic (exact) mass is 486 g/mol. The molecule has 0 unspecified atom stereocenters. The molecule has 34 heavy (non-hydrogen) atoms. The van der Waals surface area contributed by atoms with Crippen LogP contribution < -0.4 is 45.0 Å². The first-order valence-electron chi connectivity index (χ1n) is 10.1. The van der Waals surface area contributed by atoms with Crippen LogP contribution in [0.2, 0.25) is 0 Å². The summed E-state index contributed by atoms with van der Waals surface area (Å²) in [5.74, 6) is -1.74. The Morgan fingerprint density at radius 2 is 0.647 bits per heavy atom. The quantitative estimate of drug-likeness (QED) is 0.123. The van der Waals surface area contributed by atoms with E-state index in [9.17, 15) is 19.2 Å². The summed E-state index contributed by atoms with van der Waals surface area (Å²) in [7, 11) is 0. The van der Waals surface area contributed by atoms with Crippen molar-refractivity contribution in [2.75, 3.05) is 39.3 Å². The second kappa shape index (κ2) is 29.7. The van der Waals surface area contributed by atoms with Gasteiger partial charge in [0, 0.05) is 61.6 Å². The first-order chi connectivity index (χ1) is 15.5. The number of hydrogen-bond donors (Lipinski definition) is 8. The highest BCUT2D eigenvalue weighted by Gasteiger charge is 1.88. The molecular weight excluding hydrogens is 440 g/mol. The lowest BCUT2D eigenvalue weighted by Crippen LogP contribution is -2.32. The fourth-order valence-corrected chi connectivity index (χ4v) is 0.631. The van der Waals surface area contributed by atoms with Crippen LogP contribution in [-0.2, 0) is 19.2 Å². The number of carbonyl (C=O) groups excluding carboxylic acids is 4. The van der Waals surface area contributed by atoms with Gasteiger partial charge in [-0.2, -0.15) is 0 Å². The average molecular weight is 487 g/mol. The zero-order valence-electron chi connectivity index (χ0n) is 21.2. The third kappa shape index (κ3) is 56.7. The Kier molecular flexibility index (Phi) is 35.8. The first kappa shape index (κ1) is 41.0. The van der Waals surface area contributed by atoms with E-state index in [1.165, 1.54) is 0 Å². The van der Waals surface area contributed by atoms with Crippen LogP contribution in [0.5, 0.6) is 0 Å². The van der Waals surface area contributed by atoms with E-state index in [1.54, 1.807) is 27.7 Å². The van der Waals surface area contributed by atoms with Crippen LogP contribution in [0.15, 0.2) is 48.6 Å². The highest BCUT2D eigenvalue weighted by Crippen LogP contribution is 1.79. The molecular formula is C22H46N8O4. The predicted octanol–water partition coefficient (Wildman–Crippen LogP) is -1.73. The van der Waals surface area contributed by atoms with Gasteiger partial charge in [0.1, 0.15) is 0 Å². The fraction of sp³-hybridized carbons (Fsp3) is 0.455. The number of hydrogen-bond acceptors (Lipinski definition) is 8. The van der Waals surface area contributed by atoms with Crippen molar-refractivity contribution in [2.24, 2.45) is 34.4 Å². The molecule has 0 aliphatic carbocycles. The topological polar surface area (TPSA) is 248 Å². The molecule has 0 spiro atoms. The Balaban J connectivity index is -0.000000105. The Morgan fingerprint density at radius 3 is 0.735 bits per heavy atom. The van der Waals surface area contributed by atoms with Crippen molar-refractivity contribution in [1.82, 2.24) is 10.6 Å². The SMILES string of the molecule is C=C(C)C(N)=O.C=C(C)C(N)=O.C=C(C)C(N)=O.C=C(C)C(N)=O.NCCNCCNCCN. The van der Waals surface area contributed by atoms with E-state index in [0.717, 1.165) is 26.2 Å². The number of nitrogens with one attached hydrogen (secondary N) is 2. The minimum Gasteiger partial charge on any atom is -0.366 e. The van der Waals surface area contributed by atoms with Gasteiger partial charge in [-0.15, -0.1) is 0 Å². The third-order valence-electron chi connectivity index (χ3n) is 2.80. The lowest BCUT2D eigenvalue weighted by atomic mass is 10.3. The summed E-state index contributed by atoms with van der Waals surface area (Å²) in [4.78, 5) is 39.3. The largest absolute Gasteiger partial charge is 0.366 e. The van der Waals surface area contributed by atoms with Crippen LogP contribution in [0.1, 0.15) is 27.7 Å². The van der Waals surface area contributed by atoms with Gasteiger partial charge in [-0.05, 0) is 27.7 Å². The molecule has 198 valence electrons. The summed E-state index contributed by atoms with van der Waals surface area (Å²) in [6.07, 6.45) is 0. The number of carbonyl (C=O) groups is 4. The molecule has 0 saturated carbocycles. The third-order valence-corrected chi connectivity index (χ3v) is 2.80. The van der Waals surface area contributed by atoms with E-state index in [-0.39, 0.29) is 0 Å². The predicted molar refractivity (Wildman–Crippen MR) is 140 cm³/mol. The van der Waals surface area contributed by atoms with E-state index < -0.39 is 23.6 Å². The number of rotatable bonds is 11. The molecule has 0 atom stereocenters. The smallest absolute Gasteiger partial charge is 0.243 e. The highest BCUT2D eigenvalue weighted by atomic mass is 16.2. The Labute approximate surface area is 203 Å². The Morgan fingerprint density at radius 1 is 0.500 bits per heavy atom. The Hall–Kier alpha value is -3.32. The minimum absolute atomic E-state index is 0.398. The molecule has 0 saturated heterocycles. The lowest BCUT2D eigenvalue weighted by molar-refractivity contribution is -0.115. The van der Waals surface area contributed by atoms with Crippen molar-refractivity contribution in [3.05, 3.63) is 48.6 Å². The fourth-order valence-electron chi connectivity index (χ4n) is 0.631. The molecule has 0 radical (unpaired) electrons. The molecule has 0 aliphatic heterocycles. The van der Waals surface area contributed by atoms with Gasteiger partial charge in [-0.25, -0.2) is 0 Å². The molecule has 0 fully saturated rings. The van der Waals surface area contributed by atoms with Gasteiger partial charge in [0.15, 0.2) is 0 Å². The molecule has 4 amide bonds. The maximum absolute atomic E-state index is 9.82. The van der Waals surface area contributed by atoms with Crippen molar-refractivity contribution in [3.8, 4) is 0 Å². The summed E-state index contributed by atoms with van der Waals surface area (Å²) in [5.41, 5.74) is 30.9. The van der Waals surface area contributed by atoms with E-state index in [1.807, 2.05) is 0 Å². The first-order valence-corrected chi connectivity index (χ1v) is 10.1. The molecule has 0 rings (SSSR count). The van der Waals surface area contributed by atoms with E-state index in [0.29, 0.717) is 35.4 Å². The summed E-state index contributed by atoms with van der Waals surface area (Å²) in [6, 6.07) is 0. The number of amides is 4. The van der Waals surface area contributed by atoms with Gasteiger partial charge in [0.2, 0.25) is 23.6 Å². The molecule has 12 nitrogen and oxygen atoms in total. The van der Waals surface area contributed by atoms with Crippen molar-refractivity contribution in [3.63, 3.8) is 0 Å². The maximum Gasteiger partial charge on any atom is 0.243 e. The molecule has 0 aromatic heterocycles. The van der Waals surface area contributed by atoms with Crippen molar-refractivity contribution in [1.29, 1.82) is 0 Å². The van der Waals surface area contributed by atoms with Gasteiger partial charge in [0.05, 0.1) is 0 Å². The van der Waals surface area contributed by atoms with Gasteiger partial charge in [-0.3, -0.25) is 19.2 Å². The lowest BCUT2D eigenvalue weighted by Gasteiger charge is -2.03. The average Bonchev–Trinajstić information content (AvgIpc) is 2.72. The molecule has 14 N–H and O–H groups in total. The van der Waals surface area contributed by atoms with Gasteiger partial charge in [0.25, 0.3) is 0 Å².